The summed E-state index contributed by atoms with van der Waals surface area (Å²) in [6, 6.07) is 1.53. The molecular weight excluding hydrogens is 254 g/mol. The highest BCUT2D eigenvalue weighted by Crippen LogP contribution is 2.14. The monoisotopic (exact) mass is 273 g/mol. The van der Waals surface area contributed by atoms with Gasteiger partial charge in [-0.1, -0.05) is 6.92 Å². The Labute approximate surface area is 109 Å². The summed E-state index contributed by atoms with van der Waals surface area (Å²) < 4.78 is 16.5. The Balaban J connectivity index is 2.38. The fraction of sp³-hybridized carbons (Fsp3) is 0.583. The molecule has 1 aromatic heterocycles. The topological polar surface area (TPSA) is 79.5 Å². The van der Waals surface area contributed by atoms with Gasteiger partial charge in [0.25, 0.3) is 0 Å². The Morgan fingerprint density at radius 1 is 1.61 bits per heavy atom. The number of rotatable bonds is 7. The predicted octanol–water partition coefficient (Wildman–Crippen LogP) is 1.53. The zero-order valence-electron chi connectivity index (χ0n) is 10.9. The lowest BCUT2D eigenvalue weighted by Crippen LogP contribution is -2.20. The van der Waals surface area contributed by atoms with Gasteiger partial charge in [0, 0.05) is 22.3 Å². The molecule has 0 bridgehead atoms. The first-order valence-electron chi connectivity index (χ1n) is 5.77. The average Bonchev–Trinajstić information content (AvgIpc) is 2.65. The van der Waals surface area contributed by atoms with Crippen LogP contribution in [0.5, 0.6) is 0 Å². The first kappa shape index (κ1) is 14.9. The van der Waals surface area contributed by atoms with Crippen LogP contribution in [-0.2, 0) is 17.3 Å². The lowest BCUT2D eigenvalue weighted by atomic mass is 10.2. The summed E-state index contributed by atoms with van der Waals surface area (Å²) in [7, 11) is -0.805. The van der Waals surface area contributed by atoms with Crippen LogP contribution in [0, 0.1) is 6.92 Å². The van der Waals surface area contributed by atoms with Gasteiger partial charge >= 0.3 is 5.97 Å². The summed E-state index contributed by atoms with van der Waals surface area (Å²) >= 11 is 0. The normalized spacial score (nSPS) is 14.4. The van der Waals surface area contributed by atoms with E-state index >= 15 is 0 Å². The molecule has 0 saturated carbocycles. The average molecular weight is 273 g/mol. The Bertz CT molecular complexity index is 441. The molecule has 2 atom stereocenters. The molecule has 5 nitrogen and oxygen atoms in total. The lowest BCUT2D eigenvalue weighted by Gasteiger charge is -2.08. The highest BCUT2D eigenvalue weighted by Gasteiger charge is 2.13. The maximum atomic E-state index is 11.1. The number of carboxylic acids is 1. The van der Waals surface area contributed by atoms with Crippen LogP contribution < -0.4 is 5.32 Å². The van der Waals surface area contributed by atoms with Crippen molar-refractivity contribution in [3.63, 3.8) is 0 Å². The van der Waals surface area contributed by atoms with Crippen LogP contribution in [0.25, 0.3) is 0 Å². The van der Waals surface area contributed by atoms with Gasteiger partial charge in [0.15, 0.2) is 0 Å². The van der Waals surface area contributed by atoms with Gasteiger partial charge in [0.2, 0.25) is 0 Å². The summed E-state index contributed by atoms with van der Waals surface area (Å²) in [5.41, 5.74) is 0.204. The molecule has 1 aromatic rings. The van der Waals surface area contributed by atoms with Gasteiger partial charge in [0.1, 0.15) is 17.1 Å². The molecule has 2 unspecified atom stereocenters. The van der Waals surface area contributed by atoms with E-state index in [1.807, 2.05) is 6.92 Å². The zero-order valence-corrected chi connectivity index (χ0v) is 11.7. The van der Waals surface area contributed by atoms with Gasteiger partial charge in [-0.3, -0.25) is 4.21 Å². The quantitative estimate of drug-likeness (QED) is 0.737. The number of carbonyl (C=O) groups is 1. The molecule has 0 aliphatic heterocycles. The largest absolute Gasteiger partial charge is 0.478 e. The second-order valence-corrected chi connectivity index (χ2v) is 6.06. The minimum absolute atomic E-state index is 0.158. The van der Waals surface area contributed by atoms with Gasteiger partial charge in [-0.2, -0.15) is 0 Å². The highest BCUT2D eigenvalue weighted by molar-refractivity contribution is 7.84. The van der Waals surface area contributed by atoms with Crippen molar-refractivity contribution in [2.75, 3.05) is 12.8 Å². The lowest BCUT2D eigenvalue weighted by molar-refractivity contribution is 0.0695. The molecule has 102 valence electrons. The number of carboxylic acid groups (broad SMARTS) is 1. The van der Waals surface area contributed by atoms with E-state index in [1.54, 1.807) is 13.2 Å². The summed E-state index contributed by atoms with van der Waals surface area (Å²) in [4.78, 5) is 10.8. The van der Waals surface area contributed by atoms with Crippen LogP contribution in [0.15, 0.2) is 10.5 Å². The minimum atomic E-state index is -0.975. The van der Waals surface area contributed by atoms with Crippen LogP contribution in [0.2, 0.25) is 0 Å². The summed E-state index contributed by atoms with van der Waals surface area (Å²) in [5, 5.41) is 12.2. The smallest absolute Gasteiger partial charge is 0.339 e. The number of furan rings is 1. The van der Waals surface area contributed by atoms with Crippen molar-refractivity contribution < 1.29 is 18.5 Å². The van der Waals surface area contributed by atoms with E-state index in [9.17, 15) is 9.00 Å². The van der Waals surface area contributed by atoms with Gasteiger partial charge in [-0.05, 0) is 26.0 Å². The summed E-state index contributed by atoms with van der Waals surface area (Å²) in [5.74, 6) is 0.0509. The van der Waals surface area contributed by atoms with Crippen molar-refractivity contribution in [1.82, 2.24) is 5.32 Å². The van der Waals surface area contributed by atoms with E-state index in [-0.39, 0.29) is 10.8 Å². The molecule has 2 N–H and O–H groups in total. The molecule has 18 heavy (non-hydrogen) atoms. The molecule has 1 heterocycles. The SMILES string of the molecule is Cc1oc(CNCCC(C)S(C)=O)cc1C(=O)O. The maximum absolute atomic E-state index is 11.1. The third-order valence-electron chi connectivity index (χ3n) is 2.79. The van der Waals surface area contributed by atoms with Gasteiger partial charge in [0.05, 0.1) is 6.54 Å². The van der Waals surface area contributed by atoms with E-state index < -0.39 is 16.8 Å². The van der Waals surface area contributed by atoms with E-state index in [4.69, 9.17) is 9.52 Å². The van der Waals surface area contributed by atoms with Gasteiger partial charge in [-0.15, -0.1) is 0 Å². The number of aryl methyl sites for hydroxylation is 1. The molecule has 0 aromatic carbocycles. The van der Waals surface area contributed by atoms with Crippen LogP contribution in [0.3, 0.4) is 0 Å². The molecule has 0 spiro atoms. The van der Waals surface area contributed by atoms with Crippen LogP contribution >= 0.6 is 0 Å². The van der Waals surface area contributed by atoms with Crippen LogP contribution in [0.4, 0.5) is 0 Å². The Morgan fingerprint density at radius 3 is 2.78 bits per heavy atom. The fourth-order valence-corrected chi connectivity index (χ4v) is 1.98. The van der Waals surface area contributed by atoms with E-state index in [2.05, 4.69) is 5.32 Å². The van der Waals surface area contributed by atoms with E-state index in [1.165, 1.54) is 6.07 Å². The minimum Gasteiger partial charge on any atom is -0.478 e. The number of aromatic carboxylic acids is 1. The third-order valence-corrected chi connectivity index (χ3v) is 4.16. The number of hydrogen-bond donors (Lipinski definition) is 2. The van der Waals surface area contributed by atoms with Gasteiger partial charge < -0.3 is 14.8 Å². The molecule has 0 fully saturated rings. The second-order valence-electron chi connectivity index (χ2n) is 4.26. The molecule has 1 rings (SSSR count). The van der Waals surface area contributed by atoms with Crippen molar-refractivity contribution in [2.24, 2.45) is 0 Å². The van der Waals surface area contributed by atoms with Crippen molar-refractivity contribution >= 4 is 16.8 Å². The first-order valence-corrected chi connectivity index (χ1v) is 7.39. The van der Waals surface area contributed by atoms with Crippen LogP contribution in [-0.4, -0.2) is 33.3 Å². The van der Waals surface area contributed by atoms with Crippen molar-refractivity contribution in [2.45, 2.75) is 32.1 Å². The molecule has 6 heteroatoms. The Hall–Kier alpha value is -1.14. The first-order chi connectivity index (χ1) is 8.41. The molecule has 0 radical (unpaired) electrons. The van der Waals surface area contributed by atoms with Crippen LogP contribution in [0.1, 0.15) is 35.2 Å². The number of hydrogen-bond acceptors (Lipinski definition) is 4. The highest BCUT2D eigenvalue weighted by atomic mass is 32.2. The molecular formula is C12H19NO4S. The van der Waals surface area contributed by atoms with Crippen molar-refractivity contribution in [3.8, 4) is 0 Å². The van der Waals surface area contributed by atoms with E-state index in [0.29, 0.717) is 18.1 Å². The van der Waals surface area contributed by atoms with Gasteiger partial charge in [-0.25, -0.2) is 4.79 Å². The standard InChI is InChI=1S/C12H19NO4S/c1-8(18(3)16)4-5-13-7-10-6-11(12(14)15)9(2)17-10/h6,8,13H,4-5,7H2,1-3H3,(H,14,15). The second kappa shape index (κ2) is 6.70. The third kappa shape index (κ3) is 4.27. The Morgan fingerprint density at radius 2 is 2.28 bits per heavy atom. The van der Waals surface area contributed by atoms with Crippen molar-refractivity contribution in [3.05, 3.63) is 23.2 Å². The fourth-order valence-electron chi connectivity index (χ4n) is 1.53. The summed E-state index contributed by atoms with van der Waals surface area (Å²) in [6.45, 7) is 4.78. The molecule has 0 aliphatic rings. The summed E-state index contributed by atoms with van der Waals surface area (Å²) in [6.07, 6.45) is 2.51. The maximum Gasteiger partial charge on any atom is 0.339 e. The Kier molecular flexibility index (Phi) is 5.55. The molecule has 0 saturated heterocycles. The van der Waals surface area contributed by atoms with E-state index in [0.717, 1.165) is 13.0 Å². The predicted molar refractivity (Wildman–Crippen MR) is 70.3 cm³/mol. The molecule has 0 amide bonds. The number of nitrogens with one attached hydrogen (secondary N) is 1. The van der Waals surface area contributed by atoms with Crippen molar-refractivity contribution in [1.29, 1.82) is 0 Å². The molecule has 0 aliphatic carbocycles. The zero-order chi connectivity index (χ0) is 13.7.